The van der Waals surface area contributed by atoms with Crippen LogP contribution in [-0.2, 0) is 4.79 Å². The van der Waals surface area contributed by atoms with Crippen LogP contribution in [0.3, 0.4) is 0 Å². The lowest BCUT2D eigenvalue weighted by atomic mass is 10.1. The van der Waals surface area contributed by atoms with E-state index in [2.05, 4.69) is 0 Å². The lowest BCUT2D eigenvalue weighted by molar-refractivity contribution is -0.137. The molecule has 5 nitrogen and oxygen atoms in total. The number of carbonyl (C=O) groups is 2. The average molecular weight is 282 g/mol. The van der Waals surface area contributed by atoms with Gasteiger partial charge in [-0.15, -0.1) is 0 Å². The molecule has 0 aromatic rings. The summed E-state index contributed by atoms with van der Waals surface area (Å²) in [5, 5.41) is 8.82. The minimum Gasteiger partial charge on any atom is -0.481 e. The molecule has 0 aliphatic heterocycles. The number of nitrogens with zero attached hydrogens (tertiary/aromatic N) is 2. The number of rotatable bonds is 5. The molecule has 2 aliphatic carbocycles. The highest BCUT2D eigenvalue weighted by molar-refractivity contribution is 5.76. The summed E-state index contributed by atoms with van der Waals surface area (Å²) in [6.45, 7) is 0.343. The largest absolute Gasteiger partial charge is 0.481 e. The zero-order chi connectivity index (χ0) is 14.5. The van der Waals surface area contributed by atoms with Crippen molar-refractivity contribution in [1.82, 2.24) is 9.80 Å². The van der Waals surface area contributed by atoms with Crippen molar-refractivity contribution in [2.75, 3.05) is 13.6 Å². The molecule has 2 fully saturated rings. The molecule has 2 rings (SSSR count). The molecule has 0 spiro atoms. The molecule has 0 atom stereocenters. The van der Waals surface area contributed by atoms with Crippen LogP contribution >= 0.6 is 0 Å². The molecule has 20 heavy (non-hydrogen) atoms. The van der Waals surface area contributed by atoms with E-state index in [-0.39, 0.29) is 18.5 Å². The molecule has 0 aromatic carbocycles. The smallest absolute Gasteiger partial charge is 0.320 e. The van der Waals surface area contributed by atoms with Gasteiger partial charge in [0, 0.05) is 25.7 Å². The van der Waals surface area contributed by atoms with Gasteiger partial charge in [0.15, 0.2) is 0 Å². The molecule has 0 saturated heterocycles. The summed E-state index contributed by atoms with van der Waals surface area (Å²) < 4.78 is 0. The maximum Gasteiger partial charge on any atom is 0.320 e. The molecule has 0 aromatic heterocycles. The second-order valence-corrected chi connectivity index (χ2v) is 6.11. The van der Waals surface area contributed by atoms with E-state index >= 15 is 0 Å². The number of amides is 2. The Morgan fingerprint density at radius 2 is 1.60 bits per heavy atom. The lowest BCUT2D eigenvalue weighted by Crippen LogP contribution is -2.47. The molecule has 0 radical (unpaired) electrons. The van der Waals surface area contributed by atoms with Gasteiger partial charge in [-0.3, -0.25) is 4.79 Å². The van der Waals surface area contributed by atoms with Crippen molar-refractivity contribution in [2.45, 2.75) is 69.9 Å². The maximum atomic E-state index is 12.6. The number of carbonyl (C=O) groups excluding carboxylic acids is 1. The Morgan fingerprint density at radius 1 is 1.00 bits per heavy atom. The first kappa shape index (κ1) is 15.1. The Morgan fingerprint density at radius 3 is 2.10 bits per heavy atom. The molecular formula is C15H26N2O3. The first-order chi connectivity index (χ1) is 9.59. The Kier molecular flexibility index (Phi) is 5.26. The summed E-state index contributed by atoms with van der Waals surface area (Å²) in [6, 6.07) is 0.631. The monoisotopic (exact) mass is 282 g/mol. The topological polar surface area (TPSA) is 60.9 Å². The van der Waals surface area contributed by atoms with Gasteiger partial charge in [0.25, 0.3) is 0 Å². The summed E-state index contributed by atoms with van der Waals surface area (Å²) in [6.07, 6.45) is 9.17. The number of hydrogen-bond donors (Lipinski definition) is 1. The molecule has 0 heterocycles. The van der Waals surface area contributed by atoms with Crippen LogP contribution in [0.4, 0.5) is 4.79 Å². The standard InChI is InChI=1S/C15H26N2O3/c1-16(12-6-4-2-3-5-7-12)15(20)17(13-8-9-13)11-10-14(18)19/h12-13H,2-11H2,1H3,(H,18,19). The fourth-order valence-corrected chi connectivity index (χ4v) is 3.04. The highest BCUT2D eigenvalue weighted by Crippen LogP contribution is 2.29. The van der Waals surface area contributed by atoms with Gasteiger partial charge in [0.05, 0.1) is 6.42 Å². The van der Waals surface area contributed by atoms with Gasteiger partial charge in [-0.05, 0) is 25.7 Å². The van der Waals surface area contributed by atoms with Crippen LogP contribution < -0.4 is 0 Å². The Balaban J connectivity index is 1.92. The number of carboxylic acid groups (broad SMARTS) is 1. The van der Waals surface area contributed by atoms with Gasteiger partial charge < -0.3 is 14.9 Å². The molecule has 2 saturated carbocycles. The third kappa shape index (κ3) is 4.12. The number of aliphatic carboxylic acids is 1. The van der Waals surface area contributed by atoms with E-state index in [1.54, 1.807) is 4.90 Å². The summed E-state index contributed by atoms with van der Waals surface area (Å²) in [5.41, 5.74) is 0. The number of urea groups is 1. The zero-order valence-corrected chi connectivity index (χ0v) is 12.4. The van der Waals surface area contributed by atoms with Gasteiger partial charge in [0.2, 0.25) is 0 Å². The number of carboxylic acids is 1. The Hall–Kier alpha value is -1.26. The minimum absolute atomic E-state index is 0.0284. The van der Waals surface area contributed by atoms with E-state index in [0.29, 0.717) is 12.6 Å². The SMILES string of the molecule is CN(C(=O)N(CCC(=O)O)C1CC1)C1CCCCCC1. The van der Waals surface area contributed by atoms with E-state index in [0.717, 1.165) is 25.7 Å². The minimum atomic E-state index is -0.833. The molecule has 2 amide bonds. The van der Waals surface area contributed by atoms with E-state index in [4.69, 9.17) is 5.11 Å². The molecular weight excluding hydrogens is 256 g/mol. The van der Waals surface area contributed by atoms with Crippen LogP contribution in [0.15, 0.2) is 0 Å². The quantitative estimate of drug-likeness (QED) is 0.789. The third-order valence-electron chi connectivity index (χ3n) is 4.47. The zero-order valence-electron chi connectivity index (χ0n) is 12.4. The molecule has 2 aliphatic rings. The van der Waals surface area contributed by atoms with Crippen molar-refractivity contribution in [2.24, 2.45) is 0 Å². The highest BCUT2D eigenvalue weighted by atomic mass is 16.4. The summed E-state index contributed by atoms with van der Waals surface area (Å²) >= 11 is 0. The summed E-state index contributed by atoms with van der Waals surface area (Å²) in [7, 11) is 1.88. The normalized spacial score (nSPS) is 20.2. The van der Waals surface area contributed by atoms with Crippen LogP contribution in [0, 0.1) is 0 Å². The highest BCUT2D eigenvalue weighted by Gasteiger charge is 2.35. The van der Waals surface area contributed by atoms with Crippen molar-refractivity contribution in [3.8, 4) is 0 Å². The molecule has 5 heteroatoms. The van der Waals surface area contributed by atoms with Crippen molar-refractivity contribution in [3.63, 3.8) is 0 Å². The summed E-state index contributed by atoms with van der Waals surface area (Å²) in [4.78, 5) is 27.0. The van der Waals surface area contributed by atoms with Crippen LogP contribution in [0.2, 0.25) is 0 Å². The first-order valence-corrected chi connectivity index (χ1v) is 7.85. The van der Waals surface area contributed by atoms with Crippen molar-refractivity contribution < 1.29 is 14.7 Å². The van der Waals surface area contributed by atoms with Crippen LogP contribution in [0.5, 0.6) is 0 Å². The van der Waals surface area contributed by atoms with Crippen molar-refractivity contribution >= 4 is 12.0 Å². The molecule has 1 N–H and O–H groups in total. The van der Waals surface area contributed by atoms with Gasteiger partial charge in [-0.25, -0.2) is 4.79 Å². The predicted molar refractivity (Wildman–Crippen MR) is 76.6 cm³/mol. The second-order valence-electron chi connectivity index (χ2n) is 6.11. The lowest BCUT2D eigenvalue weighted by Gasteiger charge is -2.33. The first-order valence-electron chi connectivity index (χ1n) is 7.85. The number of hydrogen-bond acceptors (Lipinski definition) is 2. The van der Waals surface area contributed by atoms with E-state index in [1.807, 2.05) is 11.9 Å². The van der Waals surface area contributed by atoms with Gasteiger partial charge >= 0.3 is 12.0 Å². The second kappa shape index (κ2) is 6.95. The van der Waals surface area contributed by atoms with Crippen LogP contribution in [0.25, 0.3) is 0 Å². The molecule has 114 valence electrons. The van der Waals surface area contributed by atoms with Crippen LogP contribution in [-0.4, -0.2) is 52.6 Å². The van der Waals surface area contributed by atoms with E-state index < -0.39 is 5.97 Å². The van der Waals surface area contributed by atoms with Crippen molar-refractivity contribution in [3.05, 3.63) is 0 Å². The fourth-order valence-electron chi connectivity index (χ4n) is 3.04. The fraction of sp³-hybridized carbons (Fsp3) is 0.867. The summed E-state index contributed by atoms with van der Waals surface area (Å²) in [5.74, 6) is -0.833. The predicted octanol–water partition coefficient (Wildman–Crippen LogP) is 2.70. The van der Waals surface area contributed by atoms with Crippen molar-refractivity contribution in [1.29, 1.82) is 0 Å². The Bertz CT molecular complexity index is 347. The van der Waals surface area contributed by atoms with E-state index in [1.165, 1.54) is 25.7 Å². The maximum absolute atomic E-state index is 12.6. The molecule has 0 bridgehead atoms. The molecule has 0 unspecified atom stereocenters. The van der Waals surface area contributed by atoms with Gasteiger partial charge in [0.1, 0.15) is 0 Å². The van der Waals surface area contributed by atoms with Crippen LogP contribution in [0.1, 0.15) is 57.8 Å². The average Bonchev–Trinajstić information content (AvgIpc) is 3.24. The van der Waals surface area contributed by atoms with Gasteiger partial charge in [-0.1, -0.05) is 25.7 Å². The Labute approximate surface area is 120 Å². The van der Waals surface area contributed by atoms with Gasteiger partial charge in [-0.2, -0.15) is 0 Å². The van der Waals surface area contributed by atoms with E-state index in [9.17, 15) is 9.59 Å². The third-order valence-corrected chi connectivity index (χ3v) is 4.47.